The zero-order chi connectivity index (χ0) is 16.4. The summed E-state index contributed by atoms with van der Waals surface area (Å²) < 4.78 is 5.60. The van der Waals surface area contributed by atoms with Gasteiger partial charge in [-0.3, -0.25) is 14.5 Å². The van der Waals surface area contributed by atoms with Crippen LogP contribution in [0.3, 0.4) is 0 Å². The lowest BCUT2D eigenvalue weighted by atomic mass is 10.0. The minimum absolute atomic E-state index is 0.0132. The molecule has 0 unspecified atom stereocenters. The van der Waals surface area contributed by atoms with Crippen molar-refractivity contribution in [3.05, 3.63) is 24.3 Å². The Hall–Kier alpha value is -2.08. The summed E-state index contributed by atoms with van der Waals surface area (Å²) in [6, 6.07) is 7.68. The molecule has 2 aliphatic rings. The van der Waals surface area contributed by atoms with Crippen LogP contribution in [0.15, 0.2) is 24.3 Å². The second-order valence-electron chi connectivity index (χ2n) is 6.30. The van der Waals surface area contributed by atoms with E-state index >= 15 is 0 Å². The third-order valence-corrected chi connectivity index (χ3v) is 4.67. The fourth-order valence-electron chi connectivity index (χ4n) is 3.27. The molecule has 2 atom stereocenters. The van der Waals surface area contributed by atoms with E-state index in [-0.39, 0.29) is 12.5 Å². The maximum absolute atomic E-state index is 12.8. The second-order valence-corrected chi connectivity index (χ2v) is 6.30. The van der Waals surface area contributed by atoms with Gasteiger partial charge in [-0.05, 0) is 38.4 Å². The van der Waals surface area contributed by atoms with Crippen molar-refractivity contribution in [3.8, 4) is 5.75 Å². The zero-order valence-electron chi connectivity index (χ0n) is 13.4. The summed E-state index contributed by atoms with van der Waals surface area (Å²) in [6.07, 6.45) is 2.67. The van der Waals surface area contributed by atoms with Crippen molar-refractivity contribution in [1.29, 1.82) is 0 Å². The topological polar surface area (TPSA) is 75.9 Å². The van der Waals surface area contributed by atoms with Crippen LogP contribution in [0.1, 0.15) is 26.2 Å². The van der Waals surface area contributed by atoms with Gasteiger partial charge in [-0.1, -0.05) is 18.6 Å². The predicted octanol–water partition coefficient (Wildman–Crippen LogP) is 1.14. The number of nitrogens with zero attached hydrogens (tertiary/aromatic N) is 2. The molecule has 2 amide bonds. The number of ether oxygens (including phenoxy) is 1. The van der Waals surface area contributed by atoms with Crippen molar-refractivity contribution >= 4 is 17.5 Å². The minimum Gasteiger partial charge on any atom is -0.477 e. The predicted molar refractivity (Wildman–Crippen MR) is 87.3 cm³/mol. The average Bonchev–Trinajstić information content (AvgIpc) is 2.55. The first-order chi connectivity index (χ1) is 11.1. The number of hydrogen-bond donors (Lipinski definition) is 1. The standard InChI is InChI=1S/C17H23N3O3/c1-12-6-4-5-9-19(12)11-16(21)20-10-15(17(18)22)23-14-8-3-2-7-13(14)20/h2-3,7-8,12,15H,4-6,9-11H2,1H3,(H2,18,22)/t12-,15-/m1/s1. The SMILES string of the molecule is C[C@@H]1CCCCN1CC(=O)N1C[C@H](C(N)=O)Oc2ccccc21. The van der Waals surface area contributed by atoms with Crippen molar-refractivity contribution < 1.29 is 14.3 Å². The molecule has 6 heteroatoms. The molecular formula is C17H23N3O3. The third kappa shape index (κ3) is 3.32. The van der Waals surface area contributed by atoms with E-state index < -0.39 is 12.0 Å². The molecule has 1 fully saturated rings. The maximum atomic E-state index is 12.8. The van der Waals surface area contributed by atoms with Crippen LogP contribution in [0.2, 0.25) is 0 Å². The van der Waals surface area contributed by atoms with E-state index in [1.165, 1.54) is 6.42 Å². The van der Waals surface area contributed by atoms with Gasteiger partial charge in [0.15, 0.2) is 6.10 Å². The molecule has 0 bridgehead atoms. The molecular weight excluding hydrogens is 294 g/mol. The summed E-state index contributed by atoms with van der Waals surface area (Å²) in [5.41, 5.74) is 6.09. The average molecular weight is 317 g/mol. The van der Waals surface area contributed by atoms with Gasteiger partial charge in [-0.15, -0.1) is 0 Å². The quantitative estimate of drug-likeness (QED) is 0.907. The Bertz CT molecular complexity index is 605. The van der Waals surface area contributed by atoms with Gasteiger partial charge in [-0.25, -0.2) is 0 Å². The van der Waals surface area contributed by atoms with Crippen LogP contribution in [0.4, 0.5) is 5.69 Å². The molecule has 3 rings (SSSR count). The molecule has 0 radical (unpaired) electrons. The van der Waals surface area contributed by atoms with Gasteiger partial charge in [0.25, 0.3) is 5.91 Å². The molecule has 0 aromatic heterocycles. The first-order valence-electron chi connectivity index (χ1n) is 8.15. The third-order valence-electron chi connectivity index (χ3n) is 4.67. The highest BCUT2D eigenvalue weighted by Crippen LogP contribution is 2.33. The number of carbonyl (C=O) groups is 2. The normalized spacial score (nSPS) is 24.7. The van der Waals surface area contributed by atoms with Gasteiger partial charge in [0, 0.05) is 6.04 Å². The second kappa shape index (κ2) is 6.58. The lowest BCUT2D eigenvalue weighted by Crippen LogP contribution is -2.52. The summed E-state index contributed by atoms with van der Waals surface area (Å²) in [6.45, 7) is 3.64. The molecule has 2 aliphatic heterocycles. The van der Waals surface area contributed by atoms with Crippen LogP contribution in [-0.2, 0) is 9.59 Å². The van der Waals surface area contributed by atoms with Gasteiger partial charge < -0.3 is 15.4 Å². The van der Waals surface area contributed by atoms with E-state index in [0.29, 0.717) is 24.0 Å². The largest absolute Gasteiger partial charge is 0.477 e. The van der Waals surface area contributed by atoms with Crippen molar-refractivity contribution in [1.82, 2.24) is 4.90 Å². The summed E-state index contributed by atoms with van der Waals surface area (Å²) in [5.74, 6) is -0.0352. The number of amides is 2. The summed E-state index contributed by atoms with van der Waals surface area (Å²) in [4.78, 5) is 28.2. The highest BCUT2D eigenvalue weighted by molar-refractivity contribution is 5.98. The minimum atomic E-state index is -0.798. The van der Waals surface area contributed by atoms with Crippen molar-refractivity contribution in [3.63, 3.8) is 0 Å². The van der Waals surface area contributed by atoms with Gasteiger partial charge in [0.05, 0.1) is 18.8 Å². The molecule has 0 saturated carbocycles. The number of hydrogen-bond acceptors (Lipinski definition) is 4. The Morgan fingerprint density at radius 3 is 2.83 bits per heavy atom. The lowest BCUT2D eigenvalue weighted by Gasteiger charge is -2.37. The number of fused-ring (bicyclic) bond motifs is 1. The number of rotatable bonds is 3. The molecule has 1 aromatic carbocycles. The fourth-order valence-corrected chi connectivity index (χ4v) is 3.27. The van der Waals surface area contributed by atoms with Gasteiger partial charge in [-0.2, -0.15) is 0 Å². The number of benzene rings is 1. The summed E-state index contributed by atoms with van der Waals surface area (Å²) in [5, 5.41) is 0. The van der Waals surface area contributed by atoms with Gasteiger partial charge >= 0.3 is 0 Å². The summed E-state index contributed by atoms with van der Waals surface area (Å²) >= 11 is 0. The van der Waals surface area contributed by atoms with E-state index in [4.69, 9.17) is 10.5 Å². The molecule has 23 heavy (non-hydrogen) atoms. The highest BCUT2D eigenvalue weighted by atomic mass is 16.5. The van der Waals surface area contributed by atoms with E-state index in [2.05, 4.69) is 11.8 Å². The smallest absolute Gasteiger partial charge is 0.260 e. The van der Waals surface area contributed by atoms with E-state index in [9.17, 15) is 9.59 Å². The van der Waals surface area contributed by atoms with Crippen molar-refractivity contribution in [2.24, 2.45) is 5.73 Å². The van der Waals surface area contributed by atoms with Crippen LogP contribution in [0, 0.1) is 0 Å². The molecule has 6 nitrogen and oxygen atoms in total. The molecule has 124 valence electrons. The monoisotopic (exact) mass is 317 g/mol. The number of piperidine rings is 1. The number of likely N-dealkylation sites (tertiary alicyclic amines) is 1. The van der Waals surface area contributed by atoms with Crippen LogP contribution in [0.25, 0.3) is 0 Å². The van der Waals surface area contributed by atoms with E-state index in [1.807, 2.05) is 18.2 Å². The highest BCUT2D eigenvalue weighted by Gasteiger charge is 2.33. The molecule has 2 N–H and O–H groups in total. The fraction of sp³-hybridized carbons (Fsp3) is 0.529. The first-order valence-corrected chi connectivity index (χ1v) is 8.15. The molecule has 0 aliphatic carbocycles. The van der Waals surface area contributed by atoms with Gasteiger partial charge in [0.1, 0.15) is 5.75 Å². The molecule has 0 spiro atoms. The van der Waals surface area contributed by atoms with Crippen LogP contribution in [0.5, 0.6) is 5.75 Å². The number of nitrogens with two attached hydrogens (primary N) is 1. The number of anilines is 1. The van der Waals surface area contributed by atoms with Crippen molar-refractivity contribution in [2.75, 3.05) is 24.5 Å². The molecule has 1 saturated heterocycles. The Labute approximate surface area is 136 Å². The summed E-state index contributed by atoms with van der Waals surface area (Å²) in [7, 11) is 0. The Morgan fingerprint density at radius 1 is 1.30 bits per heavy atom. The van der Waals surface area contributed by atoms with Crippen LogP contribution < -0.4 is 15.4 Å². The zero-order valence-corrected chi connectivity index (χ0v) is 13.4. The van der Waals surface area contributed by atoms with E-state index in [1.54, 1.807) is 11.0 Å². The number of primary amides is 1. The maximum Gasteiger partial charge on any atom is 0.260 e. The number of carbonyl (C=O) groups excluding carboxylic acids is 2. The van der Waals surface area contributed by atoms with Crippen LogP contribution >= 0.6 is 0 Å². The Morgan fingerprint density at radius 2 is 2.09 bits per heavy atom. The van der Waals surface area contributed by atoms with Gasteiger partial charge in [0.2, 0.25) is 5.91 Å². The van der Waals surface area contributed by atoms with E-state index in [0.717, 1.165) is 19.4 Å². The molecule has 2 heterocycles. The lowest BCUT2D eigenvalue weighted by molar-refractivity contribution is -0.125. The first kappa shape index (κ1) is 15.8. The Kier molecular flexibility index (Phi) is 4.52. The number of para-hydroxylation sites is 2. The van der Waals surface area contributed by atoms with Crippen LogP contribution in [-0.4, -0.2) is 48.5 Å². The van der Waals surface area contributed by atoms with Crippen molar-refractivity contribution in [2.45, 2.75) is 38.3 Å². The Balaban J connectivity index is 1.79. The molecule has 1 aromatic rings.